The molecule has 1 rings (SSSR count). The van der Waals surface area contributed by atoms with Gasteiger partial charge in [-0.15, -0.1) is 0 Å². The van der Waals surface area contributed by atoms with Crippen LogP contribution in [0, 0.1) is 0 Å². The zero-order valence-electron chi connectivity index (χ0n) is 12.0. The van der Waals surface area contributed by atoms with Crippen molar-refractivity contribution in [3.8, 4) is 0 Å². The van der Waals surface area contributed by atoms with Crippen molar-refractivity contribution >= 4 is 11.9 Å². The summed E-state index contributed by atoms with van der Waals surface area (Å²) >= 11 is 0. The minimum absolute atomic E-state index is 0.0430. The van der Waals surface area contributed by atoms with Crippen molar-refractivity contribution < 1.29 is 23.8 Å². The van der Waals surface area contributed by atoms with E-state index in [0.29, 0.717) is 39.4 Å². The van der Waals surface area contributed by atoms with Crippen molar-refractivity contribution in [1.29, 1.82) is 0 Å². The van der Waals surface area contributed by atoms with E-state index >= 15 is 0 Å². The number of hydrogen-bond donors (Lipinski definition) is 2. The van der Waals surface area contributed by atoms with Crippen molar-refractivity contribution in [2.75, 3.05) is 60.2 Å². The summed E-state index contributed by atoms with van der Waals surface area (Å²) in [6.45, 7) is 2.80. The molecule has 1 saturated heterocycles. The Labute approximate surface area is 118 Å². The Balaban J connectivity index is 2.23. The molecule has 0 saturated carbocycles. The van der Waals surface area contributed by atoms with Crippen LogP contribution in [-0.2, 0) is 19.0 Å². The molecule has 0 aromatic carbocycles. The van der Waals surface area contributed by atoms with Gasteiger partial charge in [-0.25, -0.2) is 4.79 Å². The SMILES string of the molecule is COCCNC(=O)NCC1CN(CCOC)C(=O)CO1. The molecule has 3 amide bonds. The second kappa shape index (κ2) is 9.51. The average Bonchev–Trinajstić information content (AvgIpc) is 2.45. The molecule has 8 nitrogen and oxygen atoms in total. The number of carbonyl (C=O) groups is 2. The van der Waals surface area contributed by atoms with E-state index in [0.717, 1.165) is 0 Å². The second-order valence-electron chi connectivity index (χ2n) is 4.40. The van der Waals surface area contributed by atoms with E-state index in [1.165, 1.54) is 0 Å². The summed E-state index contributed by atoms with van der Waals surface area (Å²) in [6, 6.07) is -0.272. The Morgan fingerprint density at radius 1 is 1.35 bits per heavy atom. The number of carbonyl (C=O) groups excluding carboxylic acids is 2. The first kappa shape index (κ1) is 16.7. The second-order valence-corrected chi connectivity index (χ2v) is 4.40. The third kappa shape index (κ3) is 6.18. The fourth-order valence-corrected chi connectivity index (χ4v) is 1.76. The van der Waals surface area contributed by atoms with Gasteiger partial charge in [0.15, 0.2) is 0 Å². The quantitative estimate of drug-likeness (QED) is 0.548. The third-order valence-electron chi connectivity index (χ3n) is 2.87. The van der Waals surface area contributed by atoms with Crippen LogP contribution in [0.5, 0.6) is 0 Å². The van der Waals surface area contributed by atoms with Gasteiger partial charge in [-0.3, -0.25) is 4.79 Å². The fraction of sp³-hybridized carbons (Fsp3) is 0.833. The molecule has 1 aliphatic rings. The summed E-state index contributed by atoms with van der Waals surface area (Å²) in [6.07, 6.45) is -0.197. The minimum atomic E-state index is -0.272. The molecule has 1 aliphatic heterocycles. The Morgan fingerprint density at radius 3 is 2.80 bits per heavy atom. The molecule has 0 bridgehead atoms. The molecule has 0 aliphatic carbocycles. The standard InChI is InChI=1S/C12H23N3O5/c1-18-5-3-13-12(17)14-7-10-8-15(4-6-19-2)11(16)9-20-10/h10H,3-9H2,1-2H3,(H2,13,14,17). The summed E-state index contributed by atoms with van der Waals surface area (Å²) in [7, 11) is 3.16. The number of ether oxygens (including phenoxy) is 3. The van der Waals surface area contributed by atoms with Crippen LogP contribution in [0.15, 0.2) is 0 Å². The Bertz CT molecular complexity index is 313. The summed E-state index contributed by atoms with van der Waals surface area (Å²) in [5.41, 5.74) is 0. The van der Waals surface area contributed by atoms with E-state index in [4.69, 9.17) is 14.2 Å². The molecule has 0 radical (unpaired) electrons. The van der Waals surface area contributed by atoms with Gasteiger partial charge in [-0.2, -0.15) is 0 Å². The molecule has 8 heteroatoms. The van der Waals surface area contributed by atoms with Crippen LogP contribution in [0.3, 0.4) is 0 Å². The van der Waals surface area contributed by atoms with Crippen molar-refractivity contribution in [2.45, 2.75) is 6.10 Å². The first-order chi connectivity index (χ1) is 9.67. The third-order valence-corrected chi connectivity index (χ3v) is 2.87. The number of methoxy groups -OCH3 is 2. The van der Waals surface area contributed by atoms with E-state index in [-0.39, 0.29) is 24.6 Å². The lowest BCUT2D eigenvalue weighted by Gasteiger charge is -2.32. The van der Waals surface area contributed by atoms with Gasteiger partial charge in [-0.1, -0.05) is 0 Å². The number of amides is 3. The lowest BCUT2D eigenvalue weighted by atomic mass is 10.2. The van der Waals surface area contributed by atoms with Crippen LogP contribution in [0.4, 0.5) is 4.79 Å². The van der Waals surface area contributed by atoms with Crippen LogP contribution in [0.2, 0.25) is 0 Å². The van der Waals surface area contributed by atoms with Gasteiger partial charge in [0.1, 0.15) is 6.61 Å². The largest absolute Gasteiger partial charge is 0.383 e. The van der Waals surface area contributed by atoms with Crippen molar-refractivity contribution in [2.24, 2.45) is 0 Å². The van der Waals surface area contributed by atoms with Crippen LogP contribution >= 0.6 is 0 Å². The Hall–Kier alpha value is -1.38. The predicted octanol–water partition coefficient (Wildman–Crippen LogP) is -1.19. The molecule has 0 aromatic rings. The molecule has 1 heterocycles. The van der Waals surface area contributed by atoms with Gasteiger partial charge in [0.05, 0.1) is 19.3 Å². The molecular formula is C12H23N3O5. The summed E-state index contributed by atoms with van der Waals surface area (Å²) in [4.78, 5) is 24.7. The van der Waals surface area contributed by atoms with Gasteiger partial charge in [0, 0.05) is 40.4 Å². The van der Waals surface area contributed by atoms with E-state index in [1.54, 1.807) is 19.1 Å². The Kier molecular flexibility index (Phi) is 7.93. The number of nitrogens with one attached hydrogen (secondary N) is 2. The van der Waals surface area contributed by atoms with E-state index in [9.17, 15) is 9.59 Å². The molecular weight excluding hydrogens is 266 g/mol. The number of urea groups is 1. The molecule has 20 heavy (non-hydrogen) atoms. The number of morpholine rings is 1. The minimum Gasteiger partial charge on any atom is -0.383 e. The van der Waals surface area contributed by atoms with Crippen molar-refractivity contribution in [3.05, 3.63) is 0 Å². The Morgan fingerprint density at radius 2 is 2.10 bits per heavy atom. The highest BCUT2D eigenvalue weighted by Crippen LogP contribution is 2.05. The van der Waals surface area contributed by atoms with Crippen molar-refractivity contribution in [1.82, 2.24) is 15.5 Å². The molecule has 0 aromatic heterocycles. The average molecular weight is 289 g/mol. The molecule has 2 N–H and O–H groups in total. The molecule has 1 atom stereocenters. The summed E-state index contributed by atoms with van der Waals surface area (Å²) in [5, 5.41) is 5.35. The van der Waals surface area contributed by atoms with Gasteiger partial charge >= 0.3 is 6.03 Å². The summed E-state index contributed by atoms with van der Waals surface area (Å²) < 4.78 is 15.2. The fourth-order valence-electron chi connectivity index (χ4n) is 1.76. The van der Waals surface area contributed by atoms with Gasteiger partial charge in [-0.05, 0) is 0 Å². The maximum atomic E-state index is 11.6. The highest BCUT2D eigenvalue weighted by molar-refractivity contribution is 5.78. The monoisotopic (exact) mass is 289 g/mol. The molecule has 1 fully saturated rings. The van der Waals surface area contributed by atoms with Gasteiger partial charge < -0.3 is 29.7 Å². The van der Waals surface area contributed by atoms with Gasteiger partial charge in [0.2, 0.25) is 5.91 Å². The lowest BCUT2D eigenvalue weighted by molar-refractivity contribution is -0.149. The van der Waals surface area contributed by atoms with E-state index in [1.807, 2.05) is 0 Å². The zero-order valence-corrected chi connectivity index (χ0v) is 12.0. The molecule has 1 unspecified atom stereocenters. The number of nitrogens with zero attached hydrogens (tertiary/aromatic N) is 1. The van der Waals surface area contributed by atoms with Crippen LogP contribution in [0.1, 0.15) is 0 Å². The molecule has 0 spiro atoms. The maximum absolute atomic E-state index is 11.6. The van der Waals surface area contributed by atoms with Crippen LogP contribution < -0.4 is 10.6 Å². The lowest BCUT2D eigenvalue weighted by Crippen LogP contribution is -2.52. The summed E-state index contributed by atoms with van der Waals surface area (Å²) in [5.74, 6) is -0.0529. The first-order valence-corrected chi connectivity index (χ1v) is 6.56. The normalized spacial score (nSPS) is 19.0. The molecule has 116 valence electrons. The van der Waals surface area contributed by atoms with Gasteiger partial charge in [0.25, 0.3) is 0 Å². The van der Waals surface area contributed by atoms with Crippen LogP contribution in [0.25, 0.3) is 0 Å². The highest BCUT2D eigenvalue weighted by atomic mass is 16.5. The smallest absolute Gasteiger partial charge is 0.314 e. The number of hydrogen-bond acceptors (Lipinski definition) is 5. The topological polar surface area (TPSA) is 89.1 Å². The van der Waals surface area contributed by atoms with Crippen LogP contribution in [-0.4, -0.2) is 83.2 Å². The van der Waals surface area contributed by atoms with Crippen molar-refractivity contribution in [3.63, 3.8) is 0 Å². The number of rotatable bonds is 8. The van der Waals surface area contributed by atoms with E-state index < -0.39 is 0 Å². The highest BCUT2D eigenvalue weighted by Gasteiger charge is 2.26. The first-order valence-electron chi connectivity index (χ1n) is 6.56. The predicted molar refractivity (Wildman–Crippen MR) is 71.5 cm³/mol. The maximum Gasteiger partial charge on any atom is 0.314 e. The van der Waals surface area contributed by atoms with E-state index in [2.05, 4.69) is 10.6 Å². The zero-order chi connectivity index (χ0) is 14.8.